The molecule has 1 aliphatic rings. The minimum absolute atomic E-state index is 0.245. The number of hydrogen-bond donors (Lipinski definition) is 2. The third-order valence-electron chi connectivity index (χ3n) is 3.48. The molecule has 2 N–H and O–H groups in total. The molecule has 1 heterocycles. The van der Waals surface area contributed by atoms with Crippen LogP contribution in [0.3, 0.4) is 0 Å². The zero-order valence-electron chi connectivity index (χ0n) is 12.5. The monoisotopic (exact) mass is 340 g/mol. The molecule has 2 atom stereocenters. The minimum Gasteiger partial charge on any atom is -0.480 e. The molecule has 23 heavy (non-hydrogen) atoms. The van der Waals surface area contributed by atoms with Gasteiger partial charge in [-0.05, 0) is 18.1 Å². The number of amides is 2. The highest BCUT2D eigenvalue weighted by Crippen LogP contribution is 2.23. The van der Waals surface area contributed by atoms with Crippen LogP contribution in [0.1, 0.15) is 5.56 Å². The SMILES string of the molecule is CN(CC(=O)O)C(=O)C1CSC(Cc2ccccc2F)C(=O)N1. The first-order chi connectivity index (χ1) is 10.9. The summed E-state index contributed by atoms with van der Waals surface area (Å²) in [6.45, 7) is -0.422. The van der Waals surface area contributed by atoms with Crippen molar-refractivity contribution in [2.75, 3.05) is 19.3 Å². The van der Waals surface area contributed by atoms with E-state index in [9.17, 15) is 18.8 Å². The van der Waals surface area contributed by atoms with Crippen LogP contribution in [0.15, 0.2) is 24.3 Å². The number of hydrogen-bond acceptors (Lipinski definition) is 4. The van der Waals surface area contributed by atoms with Crippen LogP contribution in [0.4, 0.5) is 4.39 Å². The molecule has 2 rings (SSSR count). The maximum Gasteiger partial charge on any atom is 0.323 e. The van der Waals surface area contributed by atoms with Crippen molar-refractivity contribution in [3.63, 3.8) is 0 Å². The average Bonchev–Trinajstić information content (AvgIpc) is 2.50. The van der Waals surface area contributed by atoms with Crippen molar-refractivity contribution in [2.24, 2.45) is 0 Å². The van der Waals surface area contributed by atoms with Crippen LogP contribution < -0.4 is 5.32 Å². The molecule has 0 aromatic heterocycles. The molecule has 8 heteroatoms. The van der Waals surface area contributed by atoms with E-state index in [1.165, 1.54) is 24.9 Å². The number of nitrogens with one attached hydrogen (secondary N) is 1. The molecule has 1 saturated heterocycles. The Labute approximate surface area is 137 Å². The van der Waals surface area contributed by atoms with E-state index in [0.29, 0.717) is 11.3 Å². The minimum atomic E-state index is -1.12. The molecule has 6 nitrogen and oxygen atoms in total. The summed E-state index contributed by atoms with van der Waals surface area (Å²) in [5.41, 5.74) is 0.452. The maximum atomic E-state index is 13.6. The van der Waals surface area contributed by atoms with Gasteiger partial charge >= 0.3 is 5.97 Å². The van der Waals surface area contributed by atoms with Gasteiger partial charge in [0.15, 0.2) is 0 Å². The number of aliphatic carboxylic acids is 1. The summed E-state index contributed by atoms with van der Waals surface area (Å²) in [5.74, 6) is -1.94. The highest BCUT2D eigenvalue weighted by molar-refractivity contribution is 8.00. The van der Waals surface area contributed by atoms with Gasteiger partial charge in [0.1, 0.15) is 18.4 Å². The predicted octanol–water partition coefficient (Wildman–Crippen LogP) is 0.511. The molecule has 124 valence electrons. The van der Waals surface area contributed by atoms with Gasteiger partial charge in [-0.3, -0.25) is 14.4 Å². The molecule has 0 radical (unpaired) electrons. The lowest BCUT2D eigenvalue weighted by Crippen LogP contribution is -2.55. The van der Waals surface area contributed by atoms with Crippen LogP contribution in [0.5, 0.6) is 0 Å². The van der Waals surface area contributed by atoms with E-state index in [4.69, 9.17) is 5.11 Å². The van der Waals surface area contributed by atoms with Crippen molar-refractivity contribution < 1.29 is 23.9 Å². The van der Waals surface area contributed by atoms with Crippen molar-refractivity contribution >= 4 is 29.5 Å². The number of halogens is 1. The van der Waals surface area contributed by atoms with Gasteiger partial charge in [0.2, 0.25) is 11.8 Å². The molecular formula is C15H17FN2O4S. The molecule has 1 aromatic rings. The Balaban J connectivity index is 1.95. The van der Waals surface area contributed by atoms with Crippen LogP contribution >= 0.6 is 11.8 Å². The Bertz CT molecular complexity index is 625. The van der Waals surface area contributed by atoms with Crippen molar-refractivity contribution in [3.8, 4) is 0 Å². The number of thioether (sulfide) groups is 1. The summed E-state index contributed by atoms with van der Waals surface area (Å²) in [4.78, 5) is 35.9. The Morgan fingerprint density at radius 1 is 1.43 bits per heavy atom. The topological polar surface area (TPSA) is 86.7 Å². The number of rotatable bonds is 5. The first-order valence-electron chi connectivity index (χ1n) is 7.00. The standard InChI is InChI=1S/C15H17FN2O4S/c1-18(7-13(19)20)15(22)11-8-23-12(14(21)17-11)6-9-4-2-3-5-10(9)16/h2-5,11-12H,6-8H2,1H3,(H,17,21)(H,19,20). The summed E-state index contributed by atoms with van der Waals surface area (Å²) in [6, 6.07) is 5.50. The molecule has 2 amide bonds. The normalized spacial score (nSPS) is 20.7. The zero-order chi connectivity index (χ0) is 17.0. The lowest BCUT2D eigenvalue weighted by atomic mass is 10.1. The zero-order valence-corrected chi connectivity index (χ0v) is 13.3. The maximum absolute atomic E-state index is 13.6. The van der Waals surface area contributed by atoms with Crippen molar-refractivity contribution in [2.45, 2.75) is 17.7 Å². The number of carbonyl (C=O) groups excluding carboxylic acids is 2. The molecule has 0 spiro atoms. The number of carboxylic acids is 1. The van der Waals surface area contributed by atoms with Crippen LogP contribution in [-0.2, 0) is 20.8 Å². The molecule has 1 aliphatic heterocycles. The summed E-state index contributed by atoms with van der Waals surface area (Å²) in [7, 11) is 1.37. The highest BCUT2D eigenvalue weighted by Gasteiger charge is 2.34. The Kier molecular flexibility index (Phi) is 5.59. The number of benzene rings is 1. The molecular weight excluding hydrogens is 323 g/mol. The van der Waals surface area contributed by atoms with E-state index in [0.717, 1.165) is 4.90 Å². The van der Waals surface area contributed by atoms with Crippen LogP contribution in [0.2, 0.25) is 0 Å². The lowest BCUT2D eigenvalue weighted by molar-refractivity contribution is -0.144. The number of likely N-dealkylation sites (N-methyl/N-ethyl adjacent to an activating group) is 1. The van der Waals surface area contributed by atoms with Crippen molar-refractivity contribution in [1.82, 2.24) is 10.2 Å². The van der Waals surface area contributed by atoms with E-state index < -0.39 is 29.7 Å². The van der Waals surface area contributed by atoms with Gasteiger partial charge in [0.25, 0.3) is 0 Å². The van der Waals surface area contributed by atoms with Crippen LogP contribution in [-0.4, -0.2) is 58.4 Å². The second-order valence-corrected chi connectivity index (χ2v) is 6.50. The van der Waals surface area contributed by atoms with Gasteiger partial charge in [-0.25, -0.2) is 4.39 Å². The van der Waals surface area contributed by atoms with Gasteiger partial charge in [0, 0.05) is 12.8 Å². The van der Waals surface area contributed by atoms with Gasteiger partial charge in [-0.2, -0.15) is 0 Å². The largest absolute Gasteiger partial charge is 0.480 e. The molecule has 1 aromatic carbocycles. The molecule has 0 aliphatic carbocycles. The number of carbonyl (C=O) groups is 3. The summed E-state index contributed by atoms with van der Waals surface area (Å²) >= 11 is 1.27. The smallest absolute Gasteiger partial charge is 0.323 e. The quantitative estimate of drug-likeness (QED) is 0.816. The van der Waals surface area contributed by atoms with Crippen LogP contribution in [0.25, 0.3) is 0 Å². The Hall–Kier alpha value is -2.09. The number of nitrogens with zero attached hydrogens (tertiary/aromatic N) is 1. The van der Waals surface area contributed by atoms with Gasteiger partial charge < -0.3 is 15.3 Å². The Morgan fingerprint density at radius 2 is 2.13 bits per heavy atom. The number of carboxylic acid groups (broad SMARTS) is 1. The Morgan fingerprint density at radius 3 is 2.74 bits per heavy atom. The van der Waals surface area contributed by atoms with Crippen molar-refractivity contribution in [1.29, 1.82) is 0 Å². The molecule has 0 bridgehead atoms. The third-order valence-corrected chi connectivity index (χ3v) is 4.79. The molecule has 1 fully saturated rings. The fraction of sp³-hybridized carbons (Fsp3) is 0.400. The first kappa shape index (κ1) is 17.3. The van der Waals surface area contributed by atoms with Gasteiger partial charge in [-0.15, -0.1) is 11.8 Å². The van der Waals surface area contributed by atoms with E-state index in [1.807, 2.05) is 0 Å². The second kappa shape index (κ2) is 7.45. The van der Waals surface area contributed by atoms with Crippen molar-refractivity contribution in [3.05, 3.63) is 35.6 Å². The molecule has 2 unspecified atom stereocenters. The van der Waals surface area contributed by atoms with E-state index in [1.54, 1.807) is 18.2 Å². The fourth-order valence-electron chi connectivity index (χ4n) is 2.29. The summed E-state index contributed by atoms with van der Waals surface area (Å²) in [6.07, 6.45) is 0.245. The highest BCUT2D eigenvalue weighted by atomic mass is 32.2. The average molecular weight is 340 g/mol. The molecule has 0 saturated carbocycles. The predicted molar refractivity (Wildman–Crippen MR) is 83.6 cm³/mol. The van der Waals surface area contributed by atoms with Gasteiger partial charge in [0.05, 0.1) is 5.25 Å². The van der Waals surface area contributed by atoms with E-state index >= 15 is 0 Å². The second-order valence-electron chi connectivity index (χ2n) is 5.27. The fourth-order valence-corrected chi connectivity index (χ4v) is 3.46. The van der Waals surface area contributed by atoms with Gasteiger partial charge in [-0.1, -0.05) is 18.2 Å². The van der Waals surface area contributed by atoms with E-state index in [2.05, 4.69) is 5.32 Å². The van der Waals surface area contributed by atoms with E-state index in [-0.39, 0.29) is 18.1 Å². The third kappa shape index (κ3) is 4.44. The lowest BCUT2D eigenvalue weighted by Gasteiger charge is -2.30. The summed E-state index contributed by atoms with van der Waals surface area (Å²) < 4.78 is 13.6. The first-order valence-corrected chi connectivity index (χ1v) is 8.05. The summed E-state index contributed by atoms with van der Waals surface area (Å²) in [5, 5.41) is 10.8. The van der Waals surface area contributed by atoms with Crippen LogP contribution in [0, 0.1) is 5.82 Å².